The largest absolute Gasteiger partial charge is 0.352 e. The first-order valence-corrected chi connectivity index (χ1v) is 12.6. The van der Waals surface area contributed by atoms with Crippen LogP contribution in [-0.4, -0.2) is 40.7 Å². The zero-order valence-corrected chi connectivity index (χ0v) is 19.8. The predicted molar refractivity (Wildman–Crippen MR) is 127 cm³/mol. The molecular weight excluding hydrogens is 414 g/mol. The Kier molecular flexibility index (Phi) is 6.27. The van der Waals surface area contributed by atoms with Gasteiger partial charge in [0.1, 0.15) is 0 Å². The second-order valence-electron chi connectivity index (χ2n) is 10.8. The van der Waals surface area contributed by atoms with Gasteiger partial charge >= 0.3 is 0 Å². The lowest BCUT2D eigenvalue weighted by Gasteiger charge is -2.28. The number of carbonyl (C=O) groups is 1. The van der Waals surface area contributed by atoms with Crippen LogP contribution in [0.4, 0.5) is 0 Å². The fraction of sp³-hybridized carbons (Fsp3) is 0.654. The molecule has 1 aromatic carbocycles. The van der Waals surface area contributed by atoms with Crippen LogP contribution in [0.15, 0.2) is 34.9 Å². The Labute approximate surface area is 196 Å². The van der Waals surface area contributed by atoms with Crippen LogP contribution in [0.25, 0.3) is 0 Å². The lowest BCUT2D eigenvalue weighted by Crippen LogP contribution is -2.48. The molecule has 178 valence electrons. The van der Waals surface area contributed by atoms with Crippen molar-refractivity contribution in [2.24, 2.45) is 11.7 Å². The summed E-state index contributed by atoms with van der Waals surface area (Å²) in [6, 6.07) is 11.1. The highest BCUT2D eigenvalue weighted by molar-refractivity contribution is 5.82. The van der Waals surface area contributed by atoms with Crippen molar-refractivity contribution in [2.45, 2.75) is 94.2 Å². The number of nitrogens with two attached hydrogens (primary N) is 1. The van der Waals surface area contributed by atoms with Gasteiger partial charge in [-0.3, -0.25) is 4.79 Å². The summed E-state index contributed by atoms with van der Waals surface area (Å²) in [5, 5.41) is 11.3. The van der Waals surface area contributed by atoms with E-state index in [0.717, 1.165) is 56.8 Å². The second kappa shape index (κ2) is 9.18. The molecular formula is C26H37N5O2. The van der Waals surface area contributed by atoms with Gasteiger partial charge in [-0.05, 0) is 56.4 Å². The van der Waals surface area contributed by atoms with Gasteiger partial charge in [-0.25, -0.2) is 0 Å². The molecule has 7 nitrogen and oxygen atoms in total. The molecule has 33 heavy (non-hydrogen) atoms. The zero-order chi connectivity index (χ0) is 23.0. The highest BCUT2D eigenvalue weighted by Gasteiger charge is 2.50. The summed E-state index contributed by atoms with van der Waals surface area (Å²) in [6.07, 6.45) is 7.21. The normalized spacial score (nSPS) is 29.0. The number of rotatable bonds is 9. The molecule has 1 heterocycles. The van der Waals surface area contributed by atoms with Crippen LogP contribution < -0.4 is 16.4 Å². The van der Waals surface area contributed by atoms with E-state index in [1.165, 1.54) is 12.0 Å². The molecule has 3 atom stereocenters. The summed E-state index contributed by atoms with van der Waals surface area (Å²) >= 11 is 0. The Balaban J connectivity index is 1.10. The Hall–Kier alpha value is -2.25. The molecule has 3 aliphatic carbocycles. The molecule has 1 aromatic heterocycles. The Bertz CT molecular complexity index is 947. The van der Waals surface area contributed by atoms with Crippen molar-refractivity contribution in [3.63, 3.8) is 0 Å². The number of nitrogens with one attached hydrogen (secondary N) is 2. The van der Waals surface area contributed by atoms with Crippen molar-refractivity contribution in [3.05, 3.63) is 47.6 Å². The molecule has 4 N–H and O–H groups in total. The maximum absolute atomic E-state index is 12.3. The zero-order valence-electron chi connectivity index (χ0n) is 19.8. The van der Waals surface area contributed by atoms with E-state index in [9.17, 15) is 4.79 Å². The highest BCUT2D eigenvalue weighted by Crippen LogP contribution is 2.48. The van der Waals surface area contributed by atoms with Gasteiger partial charge in [-0.2, -0.15) is 4.98 Å². The number of hydrogen-bond donors (Lipinski definition) is 3. The van der Waals surface area contributed by atoms with E-state index in [1.807, 2.05) is 13.8 Å². The molecule has 2 aromatic rings. The number of hydrogen-bond acceptors (Lipinski definition) is 6. The lowest BCUT2D eigenvalue weighted by atomic mass is 9.85. The molecule has 7 heteroatoms. The summed E-state index contributed by atoms with van der Waals surface area (Å²) in [5.74, 6) is 2.67. The molecule has 0 radical (unpaired) electrons. The Morgan fingerprint density at radius 2 is 1.91 bits per heavy atom. The van der Waals surface area contributed by atoms with Crippen molar-refractivity contribution in [1.82, 2.24) is 20.8 Å². The Morgan fingerprint density at radius 1 is 1.18 bits per heavy atom. The first-order valence-electron chi connectivity index (χ1n) is 12.6. The molecule has 0 bridgehead atoms. The number of aromatic nitrogens is 2. The van der Waals surface area contributed by atoms with Crippen LogP contribution in [0.1, 0.15) is 87.9 Å². The van der Waals surface area contributed by atoms with Crippen molar-refractivity contribution < 1.29 is 9.32 Å². The minimum Gasteiger partial charge on any atom is -0.352 e. The maximum Gasteiger partial charge on any atom is 0.237 e. The van der Waals surface area contributed by atoms with Crippen molar-refractivity contribution in [1.29, 1.82) is 0 Å². The fourth-order valence-electron chi connectivity index (χ4n) is 5.15. The third-order valence-corrected chi connectivity index (χ3v) is 7.93. The van der Waals surface area contributed by atoms with Gasteiger partial charge < -0.3 is 20.9 Å². The van der Waals surface area contributed by atoms with E-state index >= 15 is 0 Å². The van der Waals surface area contributed by atoms with E-state index in [1.54, 1.807) is 0 Å². The summed E-state index contributed by atoms with van der Waals surface area (Å²) in [4.78, 5) is 17.1. The predicted octanol–water partition coefficient (Wildman–Crippen LogP) is 3.37. The topological polar surface area (TPSA) is 106 Å². The minimum absolute atomic E-state index is 0.0399. The lowest BCUT2D eigenvalue weighted by molar-refractivity contribution is -0.124. The first kappa shape index (κ1) is 22.5. The molecule has 3 fully saturated rings. The average Bonchev–Trinajstić information content (AvgIpc) is 3.74. The third kappa shape index (κ3) is 4.99. The van der Waals surface area contributed by atoms with E-state index in [2.05, 4.69) is 46.1 Å². The van der Waals surface area contributed by atoms with Gasteiger partial charge in [0.25, 0.3) is 0 Å². The van der Waals surface area contributed by atoms with Crippen molar-refractivity contribution >= 4 is 5.91 Å². The minimum atomic E-state index is -0.442. The molecule has 0 aliphatic heterocycles. The fourth-order valence-corrected chi connectivity index (χ4v) is 5.15. The van der Waals surface area contributed by atoms with E-state index in [4.69, 9.17) is 15.2 Å². The third-order valence-electron chi connectivity index (χ3n) is 7.93. The summed E-state index contributed by atoms with van der Waals surface area (Å²) in [5.41, 5.74) is 7.45. The van der Waals surface area contributed by atoms with Gasteiger partial charge in [0, 0.05) is 35.9 Å². The SMILES string of the molecule is CC(C)C(N)C(=O)NC1CCC(c2nc(C3(CN[C@@H]4C[C@H]4c4ccccc4)CC3)no2)CC1. The molecule has 1 unspecified atom stereocenters. The Morgan fingerprint density at radius 3 is 2.58 bits per heavy atom. The summed E-state index contributed by atoms with van der Waals surface area (Å²) in [7, 11) is 0. The smallest absolute Gasteiger partial charge is 0.237 e. The molecule has 3 aliphatic rings. The quantitative estimate of drug-likeness (QED) is 0.540. The summed E-state index contributed by atoms with van der Waals surface area (Å²) in [6.45, 7) is 4.88. The van der Waals surface area contributed by atoms with E-state index in [-0.39, 0.29) is 29.2 Å². The molecule has 5 rings (SSSR count). The van der Waals surface area contributed by atoms with Gasteiger partial charge in [-0.1, -0.05) is 49.3 Å². The van der Waals surface area contributed by atoms with Crippen LogP contribution in [-0.2, 0) is 10.2 Å². The number of nitrogens with zero attached hydrogens (tertiary/aromatic N) is 2. The van der Waals surface area contributed by atoms with Crippen molar-refractivity contribution in [3.8, 4) is 0 Å². The van der Waals surface area contributed by atoms with Gasteiger partial charge in [0.2, 0.25) is 11.8 Å². The van der Waals surface area contributed by atoms with Gasteiger partial charge in [0.05, 0.1) is 6.04 Å². The highest BCUT2D eigenvalue weighted by atomic mass is 16.5. The molecule has 0 saturated heterocycles. The summed E-state index contributed by atoms with van der Waals surface area (Å²) < 4.78 is 5.73. The van der Waals surface area contributed by atoms with Crippen LogP contribution in [0, 0.1) is 5.92 Å². The molecule has 1 amide bonds. The molecule has 3 saturated carbocycles. The number of benzene rings is 1. The van der Waals surface area contributed by atoms with Crippen LogP contribution >= 0.6 is 0 Å². The van der Waals surface area contributed by atoms with Gasteiger partial charge in [-0.15, -0.1) is 0 Å². The van der Waals surface area contributed by atoms with Crippen molar-refractivity contribution in [2.75, 3.05) is 6.54 Å². The first-order chi connectivity index (χ1) is 15.9. The standard InChI is InChI=1S/C26H37N5O2/c1-16(2)22(27)23(32)29-19-10-8-18(9-11-19)24-30-25(31-33-24)26(12-13-26)15-28-21-14-20(21)17-6-4-3-5-7-17/h3-7,16,18-22,28H,8-15,27H2,1-2H3,(H,29,32)/t18?,19?,20-,21+,22?/m0/s1. The van der Waals surface area contributed by atoms with Gasteiger partial charge in [0.15, 0.2) is 5.82 Å². The second-order valence-corrected chi connectivity index (χ2v) is 10.8. The van der Waals surface area contributed by atoms with E-state index in [0.29, 0.717) is 12.0 Å². The maximum atomic E-state index is 12.3. The average molecular weight is 452 g/mol. The number of carbonyl (C=O) groups excluding carboxylic acids is 1. The van der Waals surface area contributed by atoms with Crippen LogP contribution in [0.5, 0.6) is 0 Å². The van der Waals surface area contributed by atoms with Crippen LogP contribution in [0.2, 0.25) is 0 Å². The monoisotopic (exact) mass is 451 g/mol. The number of amides is 1. The van der Waals surface area contributed by atoms with E-state index < -0.39 is 6.04 Å². The van der Waals surface area contributed by atoms with Crippen LogP contribution in [0.3, 0.4) is 0 Å². The molecule has 0 spiro atoms.